The lowest BCUT2D eigenvalue weighted by Gasteiger charge is -2.05. The number of aromatic nitrogens is 1. The predicted octanol–water partition coefficient (Wildman–Crippen LogP) is 2.36. The Balaban J connectivity index is 3.19. The first kappa shape index (κ1) is 9.85. The molecule has 12 heavy (non-hydrogen) atoms. The van der Waals surface area contributed by atoms with E-state index in [1.54, 1.807) is 13.2 Å². The monoisotopic (exact) mass is 299 g/mol. The van der Waals surface area contributed by atoms with Gasteiger partial charge in [0.15, 0.2) is 0 Å². The van der Waals surface area contributed by atoms with E-state index >= 15 is 0 Å². The van der Waals surface area contributed by atoms with Crippen LogP contribution in [0.5, 0.6) is 11.8 Å². The third-order valence-corrected chi connectivity index (χ3v) is 2.80. The highest BCUT2D eigenvalue weighted by atomic mass is 127. The fourth-order valence-corrected chi connectivity index (χ4v) is 1.37. The normalized spacial score (nSPS) is 9.67. The van der Waals surface area contributed by atoms with Crippen molar-refractivity contribution in [2.24, 2.45) is 0 Å². The van der Waals surface area contributed by atoms with Crippen molar-refractivity contribution >= 4 is 34.2 Å². The van der Waals surface area contributed by atoms with Gasteiger partial charge in [-0.05, 0) is 22.6 Å². The summed E-state index contributed by atoms with van der Waals surface area (Å²) in [5.74, 6) is 0.890. The van der Waals surface area contributed by atoms with Crippen molar-refractivity contribution in [3.05, 3.63) is 14.7 Å². The van der Waals surface area contributed by atoms with Gasteiger partial charge in [-0.1, -0.05) is 11.6 Å². The summed E-state index contributed by atoms with van der Waals surface area (Å²) < 4.78 is 10.7. The number of hydrogen-bond acceptors (Lipinski definition) is 3. The minimum Gasteiger partial charge on any atom is -0.481 e. The van der Waals surface area contributed by atoms with Gasteiger partial charge in [0.1, 0.15) is 5.02 Å². The van der Waals surface area contributed by atoms with Crippen LogP contribution in [-0.4, -0.2) is 19.2 Å². The van der Waals surface area contributed by atoms with Gasteiger partial charge in [0.2, 0.25) is 11.8 Å². The molecule has 0 fully saturated rings. The zero-order valence-electron chi connectivity index (χ0n) is 6.60. The van der Waals surface area contributed by atoms with Crippen molar-refractivity contribution in [2.75, 3.05) is 14.2 Å². The highest BCUT2D eigenvalue weighted by Gasteiger charge is 2.08. The Bertz CT molecular complexity index is 293. The van der Waals surface area contributed by atoms with Crippen molar-refractivity contribution in [3.8, 4) is 11.8 Å². The van der Waals surface area contributed by atoms with Crippen LogP contribution in [0.2, 0.25) is 5.02 Å². The molecule has 0 aliphatic heterocycles. The van der Waals surface area contributed by atoms with E-state index in [-0.39, 0.29) is 0 Å². The first-order chi connectivity index (χ1) is 5.69. The van der Waals surface area contributed by atoms with E-state index in [0.29, 0.717) is 16.8 Å². The second-order valence-electron chi connectivity index (χ2n) is 1.97. The molecule has 0 aromatic carbocycles. The zero-order chi connectivity index (χ0) is 9.14. The van der Waals surface area contributed by atoms with E-state index in [1.165, 1.54) is 7.11 Å². The van der Waals surface area contributed by atoms with Gasteiger partial charge >= 0.3 is 0 Å². The van der Waals surface area contributed by atoms with Crippen molar-refractivity contribution in [1.82, 2.24) is 4.98 Å². The highest BCUT2D eigenvalue weighted by molar-refractivity contribution is 14.1. The minimum atomic E-state index is 0.389. The molecule has 0 aliphatic rings. The molecule has 1 heterocycles. The van der Waals surface area contributed by atoms with E-state index in [9.17, 15) is 0 Å². The molecule has 5 heteroatoms. The third kappa shape index (κ3) is 1.92. The summed E-state index contributed by atoms with van der Waals surface area (Å²) in [7, 11) is 3.06. The Morgan fingerprint density at radius 1 is 1.42 bits per heavy atom. The molecule has 0 radical (unpaired) electrons. The van der Waals surface area contributed by atoms with E-state index in [2.05, 4.69) is 27.6 Å². The van der Waals surface area contributed by atoms with Crippen molar-refractivity contribution in [2.45, 2.75) is 0 Å². The van der Waals surface area contributed by atoms with Crippen LogP contribution in [0.15, 0.2) is 6.07 Å². The molecule has 1 rings (SSSR count). The van der Waals surface area contributed by atoms with Crippen LogP contribution in [0.25, 0.3) is 0 Å². The smallest absolute Gasteiger partial charge is 0.236 e. The average Bonchev–Trinajstić information content (AvgIpc) is 2.09. The maximum atomic E-state index is 5.87. The Kier molecular flexibility index (Phi) is 3.39. The second-order valence-corrected chi connectivity index (χ2v) is 3.51. The Hall–Kier alpha value is -0.230. The van der Waals surface area contributed by atoms with Crippen molar-refractivity contribution < 1.29 is 9.47 Å². The summed E-state index contributed by atoms with van der Waals surface area (Å²) in [6, 6.07) is 1.74. The Morgan fingerprint density at radius 2 is 2.08 bits per heavy atom. The second kappa shape index (κ2) is 4.13. The molecule has 0 spiro atoms. The number of ether oxygens (including phenoxy) is 2. The number of methoxy groups -OCH3 is 2. The lowest BCUT2D eigenvalue weighted by Crippen LogP contribution is -1.94. The molecule has 1 aromatic rings. The summed E-state index contributed by atoms with van der Waals surface area (Å²) in [5.41, 5.74) is 0. The first-order valence-corrected chi connectivity index (χ1v) is 4.58. The molecule has 0 amide bonds. The number of rotatable bonds is 2. The van der Waals surface area contributed by atoms with Gasteiger partial charge in [-0.25, -0.2) is 0 Å². The first-order valence-electron chi connectivity index (χ1n) is 3.13. The van der Waals surface area contributed by atoms with Crippen LogP contribution in [0, 0.1) is 3.57 Å². The molecule has 0 saturated carbocycles. The van der Waals surface area contributed by atoms with Crippen LogP contribution < -0.4 is 9.47 Å². The molecule has 0 bridgehead atoms. The Morgan fingerprint density at radius 3 is 2.58 bits per heavy atom. The summed E-state index contributed by atoms with van der Waals surface area (Å²) in [4.78, 5) is 3.99. The van der Waals surface area contributed by atoms with Gasteiger partial charge in [-0.15, -0.1) is 0 Å². The minimum absolute atomic E-state index is 0.389. The van der Waals surface area contributed by atoms with E-state index in [1.807, 2.05) is 0 Å². The van der Waals surface area contributed by atoms with Gasteiger partial charge < -0.3 is 9.47 Å². The molecule has 1 aromatic heterocycles. The molecular formula is C7H7ClINO2. The van der Waals surface area contributed by atoms with Crippen LogP contribution in [-0.2, 0) is 0 Å². The molecule has 0 atom stereocenters. The van der Waals surface area contributed by atoms with Gasteiger partial charge in [0.05, 0.1) is 14.2 Å². The molecular weight excluding hydrogens is 292 g/mol. The molecule has 66 valence electrons. The predicted molar refractivity (Wildman–Crippen MR) is 55.1 cm³/mol. The lowest BCUT2D eigenvalue weighted by molar-refractivity contribution is 0.364. The number of halogens is 2. The van der Waals surface area contributed by atoms with E-state index < -0.39 is 0 Å². The average molecular weight is 299 g/mol. The SMILES string of the molecule is COc1cc(I)c(Cl)c(OC)n1. The topological polar surface area (TPSA) is 31.4 Å². The van der Waals surface area contributed by atoms with Crippen LogP contribution in [0.3, 0.4) is 0 Å². The summed E-state index contributed by atoms with van der Waals surface area (Å²) in [5, 5.41) is 0.513. The van der Waals surface area contributed by atoms with Gasteiger partial charge in [0.25, 0.3) is 0 Å². The summed E-state index contributed by atoms with van der Waals surface area (Å²) in [6.45, 7) is 0. The van der Waals surface area contributed by atoms with Crippen molar-refractivity contribution in [3.63, 3.8) is 0 Å². The number of pyridine rings is 1. The summed E-state index contributed by atoms with van der Waals surface area (Å²) in [6.07, 6.45) is 0. The fourth-order valence-electron chi connectivity index (χ4n) is 0.695. The molecule has 0 N–H and O–H groups in total. The maximum absolute atomic E-state index is 5.87. The third-order valence-electron chi connectivity index (χ3n) is 1.26. The largest absolute Gasteiger partial charge is 0.481 e. The van der Waals surface area contributed by atoms with Crippen LogP contribution in [0.1, 0.15) is 0 Å². The van der Waals surface area contributed by atoms with Gasteiger partial charge in [0, 0.05) is 9.64 Å². The summed E-state index contributed by atoms with van der Waals surface area (Å²) >= 11 is 7.96. The van der Waals surface area contributed by atoms with E-state index in [0.717, 1.165) is 3.57 Å². The standard InChI is InChI=1S/C7H7ClINO2/c1-11-5-3-4(9)6(8)7(10-5)12-2/h3H,1-2H3. The molecule has 3 nitrogen and oxygen atoms in total. The van der Waals surface area contributed by atoms with Crippen LogP contribution >= 0.6 is 34.2 Å². The molecule has 0 unspecified atom stereocenters. The number of nitrogens with zero attached hydrogens (tertiary/aromatic N) is 1. The van der Waals surface area contributed by atoms with Gasteiger partial charge in [-0.2, -0.15) is 4.98 Å². The van der Waals surface area contributed by atoms with Crippen LogP contribution in [0.4, 0.5) is 0 Å². The number of hydrogen-bond donors (Lipinski definition) is 0. The van der Waals surface area contributed by atoms with Crippen molar-refractivity contribution in [1.29, 1.82) is 0 Å². The van der Waals surface area contributed by atoms with Gasteiger partial charge in [-0.3, -0.25) is 0 Å². The zero-order valence-corrected chi connectivity index (χ0v) is 9.51. The Labute approximate surface area is 89.2 Å². The molecule has 0 aliphatic carbocycles. The fraction of sp³-hybridized carbons (Fsp3) is 0.286. The lowest BCUT2D eigenvalue weighted by atomic mass is 10.5. The maximum Gasteiger partial charge on any atom is 0.236 e. The molecule has 0 saturated heterocycles. The highest BCUT2D eigenvalue weighted by Crippen LogP contribution is 2.30. The van der Waals surface area contributed by atoms with E-state index in [4.69, 9.17) is 21.1 Å². The quantitative estimate of drug-likeness (QED) is 0.786.